The fraction of sp³-hybridized carbons (Fsp3) is 0.479. The van der Waals surface area contributed by atoms with E-state index in [9.17, 15) is 14.4 Å². The van der Waals surface area contributed by atoms with Gasteiger partial charge in [-0.05, 0) is 101 Å². The van der Waals surface area contributed by atoms with E-state index in [2.05, 4.69) is 68.7 Å². The number of alkyl carbamates (subject to hydrolysis) is 1. The average Bonchev–Trinajstić information content (AvgIpc) is 4.13. The Morgan fingerprint density at radius 3 is 2.08 bits per heavy atom. The normalized spacial score (nSPS) is 21.6. The van der Waals surface area contributed by atoms with E-state index in [0.29, 0.717) is 25.3 Å². The van der Waals surface area contributed by atoms with Crippen molar-refractivity contribution in [2.24, 2.45) is 11.8 Å². The summed E-state index contributed by atoms with van der Waals surface area (Å²) in [7, 11) is 4.04. The van der Waals surface area contributed by atoms with Gasteiger partial charge < -0.3 is 29.8 Å². The SMILES string of the molecule is CC[C@H](C)C(P)C(=O)N1CCC[C@H]1c1ncc(-c2ccc3c(c2)C2(CC(F)(F)C2)c2cc(-c4ccc5nc([C@@H]6CCCN6C(=O)[C@@H](NC(=O)OC)[C@@H](C)CC)[nH]c5c4)ccc2-3)[nH]1. The second kappa shape index (κ2) is 16.2. The molecular weight excluding hydrogens is 808 g/mol. The van der Waals surface area contributed by atoms with Crippen LogP contribution in [0.2, 0.25) is 0 Å². The van der Waals surface area contributed by atoms with Crippen LogP contribution in [0.4, 0.5) is 13.6 Å². The molecular formula is C48H56F2N7O4P. The number of likely N-dealkylation sites (tertiary alicyclic amines) is 2. The molecule has 14 heteroatoms. The molecule has 0 bridgehead atoms. The number of carbonyl (C=O) groups is 3. The van der Waals surface area contributed by atoms with Gasteiger partial charge >= 0.3 is 6.09 Å². The number of carbonyl (C=O) groups excluding carboxylic acids is 3. The first-order valence-corrected chi connectivity index (χ1v) is 22.9. The molecule has 1 saturated carbocycles. The van der Waals surface area contributed by atoms with Gasteiger partial charge in [0.1, 0.15) is 17.7 Å². The van der Waals surface area contributed by atoms with E-state index in [0.717, 1.165) is 93.6 Å². The minimum atomic E-state index is -2.78. The standard InChI is InChI=1S/C48H56F2N7O4P/c1-6-26(3)40(55-46(60)61-5)44(58)56-18-9-11-39(56)43-52-35-17-14-29(22-36(35)53-43)28-12-15-31-32-16-13-30(21-34(32)47(33(31)20-28)24-48(49,50)25-47)37-23-51-42(54-37)38-10-8-19-57(38)45(59)41(62)27(4)7-2/h12-17,20-23,26-27,38-41H,6-11,18-19,24-25,62H2,1-5H3,(H,51,54)(H,52,53)(H,55,60)/t26-,27-,38-,39-,40-,41?/m0/s1. The van der Waals surface area contributed by atoms with Crippen molar-refractivity contribution in [2.75, 3.05) is 20.2 Å². The molecule has 4 heterocycles. The lowest BCUT2D eigenvalue weighted by molar-refractivity contribution is -0.135. The zero-order chi connectivity index (χ0) is 43.7. The Morgan fingerprint density at radius 1 is 0.839 bits per heavy atom. The minimum absolute atomic E-state index is 0.0899. The van der Waals surface area contributed by atoms with Crippen molar-refractivity contribution in [1.82, 2.24) is 35.1 Å². The average molecular weight is 864 g/mol. The number of benzene rings is 3. The molecule has 2 unspecified atom stereocenters. The third-order valence-electron chi connectivity index (χ3n) is 14.4. The lowest BCUT2D eigenvalue weighted by Crippen LogP contribution is -2.51. The summed E-state index contributed by atoms with van der Waals surface area (Å²) in [5.41, 5.74) is 7.87. The number of imidazole rings is 2. The van der Waals surface area contributed by atoms with Gasteiger partial charge in [-0.15, -0.1) is 9.24 Å². The Bertz CT molecular complexity index is 2550. The predicted molar refractivity (Wildman–Crippen MR) is 239 cm³/mol. The predicted octanol–water partition coefficient (Wildman–Crippen LogP) is 9.70. The van der Waals surface area contributed by atoms with Crippen LogP contribution in [0.25, 0.3) is 44.5 Å². The highest BCUT2D eigenvalue weighted by Crippen LogP contribution is 2.64. The van der Waals surface area contributed by atoms with Crippen LogP contribution >= 0.6 is 9.24 Å². The Labute approximate surface area is 363 Å². The number of rotatable bonds is 11. The molecule has 3 amide bonds. The zero-order valence-corrected chi connectivity index (χ0v) is 37.2. The molecule has 2 aliphatic carbocycles. The Morgan fingerprint density at radius 2 is 1.44 bits per heavy atom. The quantitative estimate of drug-likeness (QED) is 0.113. The molecule has 5 aromatic rings. The molecule has 2 aliphatic heterocycles. The third kappa shape index (κ3) is 7.18. The van der Waals surface area contributed by atoms with Crippen LogP contribution in [-0.4, -0.2) is 85.5 Å². The molecule has 11 nitrogen and oxygen atoms in total. The molecule has 7 atom stereocenters. The number of amides is 3. The van der Waals surface area contributed by atoms with Gasteiger partial charge in [-0.1, -0.05) is 70.9 Å². The number of nitrogens with zero attached hydrogens (tertiary/aromatic N) is 4. The van der Waals surface area contributed by atoms with Crippen LogP contribution in [0.15, 0.2) is 60.8 Å². The molecule has 3 aromatic carbocycles. The summed E-state index contributed by atoms with van der Waals surface area (Å²) in [4.78, 5) is 60.1. The summed E-state index contributed by atoms with van der Waals surface area (Å²) in [5.74, 6) is -1.19. The summed E-state index contributed by atoms with van der Waals surface area (Å²) in [6.07, 6.45) is 5.57. The van der Waals surface area contributed by atoms with Gasteiger partial charge in [0.05, 0.1) is 47.8 Å². The number of hydrogen-bond donors (Lipinski definition) is 3. The van der Waals surface area contributed by atoms with Crippen LogP contribution in [0.5, 0.6) is 0 Å². The Balaban J connectivity index is 0.986. The minimum Gasteiger partial charge on any atom is -0.453 e. The number of fused-ring (bicyclic) bond motifs is 6. The van der Waals surface area contributed by atoms with Crippen LogP contribution in [-0.2, 0) is 19.7 Å². The number of nitrogens with one attached hydrogen (secondary N) is 3. The number of alkyl halides is 2. The van der Waals surface area contributed by atoms with E-state index in [4.69, 9.17) is 14.7 Å². The maximum absolute atomic E-state index is 15.1. The molecule has 3 fully saturated rings. The first-order valence-electron chi connectivity index (χ1n) is 22.2. The summed E-state index contributed by atoms with van der Waals surface area (Å²) < 4.78 is 35.1. The highest BCUT2D eigenvalue weighted by Gasteiger charge is 2.61. The third-order valence-corrected chi connectivity index (χ3v) is 15.3. The number of H-pyrrole nitrogens is 2. The van der Waals surface area contributed by atoms with Crippen LogP contribution in [0.3, 0.4) is 0 Å². The van der Waals surface area contributed by atoms with Crippen molar-refractivity contribution in [3.63, 3.8) is 0 Å². The van der Waals surface area contributed by atoms with E-state index in [-0.39, 0.29) is 54.2 Å². The number of ether oxygens (including phenoxy) is 1. The van der Waals surface area contributed by atoms with Crippen molar-refractivity contribution >= 4 is 38.2 Å². The highest BCUT2D eigenvalue weighted by atomic mass is 31.0. The number of hydrogen-bond acceptors (Lipinski definition) is 6. The molecule has 2 aromatic heterocycles. The van der Waals surface area contributed by atoms with E-state index in [1.807, 2.05) is 47.9 Å². The highest BCUT2D eigenvalue weighted by molar-refractivity contribution is 7.19. The molecule has 0 radical (unpaired) electrons. The van der Waals surface area contributed by atoms with Crippen molar-refractivity contribution < 1.29 is 27.9 Å². The van der Waals surface area contributed by atoms with Gasteiger partial charge in [-0.2, -0.15) is 0 Å². The molecule has 326 valence electrons. The van der Waals surface area contributed by atoms with Gasteiger partial charge in [0.25, 0.3) is 5.92 Å². The van der Waals surface area contributed by atoms with E-state index >= 15 is 8.78 Å². The molecule has 62 heavy (non-hydrogen) atoms. The molecule has 4 aliphatic rings. The fourth-order valence-corrected chi connectivity index (χ4v) is 10.9. The van der Waals surface area contributed by atoms with Gasteiger partial charge in [-0.25, -0.2) is 23.5 Å². The summed E-state index contributed by atoms with van der Waals surface area (Å²) in [5, 5.41) is 2.75. The number of methoxy groups -OCH3 is 1. The number of halogens is 2. The summed E-state index contributed by atoms with van der Waals surface area (Å²) >= 11 is 0. The maximum Gasteiger partial charge on any atom is 0.407 e. The van der Waals surface area contributed by atoms with E-state index in [1.54, 1.807) is 6.20 Å². The van der Waals surface area contributed by atoms with Gasteiger partial charge in [0.2, 0.25) is 11.8 Å². The van der Waals surface area contributed by atoms with E-state index < -0.39 is 23.5 Å². The van der Waals surface area contributed by atoms with E-state index in [1.165, 1.54) is 7.11 Å². The lowest BCUT2D eigenvalue weighted by atomic mass is 9.60. The van der Waals surface area contributed by atoms with Gasteiger partial charge in [-0.3, -0.25) is 9.59 Å². The Hall–Kier alpha value is -5.16. The number of aromatic amines is 2. The monoisotopic (exact) mass is 863 g/mol. The summed E-state index contributed by atoms with van der Waals surface area (Å²) in [6.45, 7) is 9.40. The molecule has 2 saturated heterocycles. The largest absolute Gasteiger partial charge is 0.453 e. The van der Waals surface area contributed by atoms with Crippen molar-refractivity contribution in [3.05, 3.63) is 83.6 Å². The van der Waals surface area contributed by atoms with Crippen LogP contribution in [0.1, 0.15) is 114 Å². The molecule has 9 rings (SSSR count). The fourth-order valence-electron chi connectivity index (χ4n) is 10.4. The van der Waals surface area contributed by atoms with Crippen LogP contribution < -0.4 is 5.32 Å². The van der Waals surface area contributed by atoms with Crippen molar-refractivity contribution in [3.8, 4) is 33.5 Å². The maximum atomic E-state index is 15.1. The molecule has 1 spiro atoms. The Kier molecular flexibility index (Phi) is 11.0. The van der Waals surface area contributed by atoms with Gasteiger partial charge in [0.15, 0.2) is 0 Å². The second-order valence-electron chi connectivity index (χ2n) is 18.1. The van der Waals surface area contributed by atoms with Crippen molar-refractivity contribution in [1.29, 1.82) is 0 Å². The topological polar surface area (TPSA) is 136 Å². The molecule has 3 N–H and O–H groups in total. The van der Waals surface area contributed by atoms with Crippen LogP contribution in [0, 0.1) is 11.8 Å². The second-order valence-corrected chi connectivity index (χ2v) is 18.9. The smallest absolute Gasteiger partial charge is 0.407 e. The van der Waals surface area contributed by atoms with Gasteiger partial charge in [0, 0.05) is 31.3 Å². The summed E-state index contributed by atoms with van der Waals surface area (Å²) in [6, 6.07) is 17.2. The number of aromatic nitrogens is 4. The first kappa shape index (κ1) is 42.2. The first-order chi connectivity index (χ1) is 29.7. The van der Waals surface area contributed by atoms with Crippen molar-refractivity contribution in [2.45, 2.75) is 114 Å². The lowest BCUT2D eigenvalue weighted by Gasteiger charge is -2.46. The zero-order valence-electron chi connectivity index (χ0n) is 36.1.